The third kappa shape index (κ3) is 1.84. The van der Waals surface area contributed by atoms with E-state index in [1.54, 1.807) is 0 Å². The van der Waals surface area contributed by atoms with E-state index in [0.717, 1.165) is 25.9 Å². The molecule has 0 aromatic heterocycles. The van der Waals surface area contributed by atoms with Crippen LogP contribution >= 0.6 is 0 Å². The molecule has 3 nitrogen and oxygen atoms in total. The van der Waals surface area contributed by atoms with Crippen molar-refractivity contribution in [3.8, 4) is 0 Å². The zero-order chi connectivity index (χ0) is 12.2. The summed E-state index contributed by atoms with van der Waals surface area (Å²) in [6.45, 7) is 1.79. The van der Waals surface area contributed by atoms with Crippen molar-refractivity contribution in [1.82, 2.24) is 9.80 Å². The number of fused-ring (bicyclic) bond motifs is 2. The minimum Gasteiger partial charge on any atom is -0.334 e. The standard InChI is InChI=1S/C12H18F2N2O/c1-15-6-9-2-3-10(7-15)16(9)11(17)8-4-12(13,14)5-8/h8-10H,2-7H2,1H3. The molecule has 3 fully saturated rings. The fraction of sp³-hybridized carbons (Fsp3) is 0.917. The van der Waals surface area contributed by atoms with Crippen LogP contribution in [0.3, 0.4) is 0 Å². The maximum absolute atomic E-state index is 12.8. The minimum atomic E-state index is -2.59. The van der Waals surface area contributed by atoms with Crippen molar-refractivity contribution < 1.29 is 13.6 Å². The Kier molecular flexibility index (Phi) is 2.44. The van der Waals surface area contributed by atoms with E-state index < -0.39 is 11.8 Å². The van der Waals surface area contributed by atoms with Gasteiger partial charge in [0, 0.05) is 43.9 Å². The molecule has 0 aromatic rings. The molecule has 2 atom stereocenters. The van der Waals surface area contributed by atoms with Crippen LogP contribution in [0.1, 0.15) is 25.7 Å². The molecule has 1 amide bonds. The van der Waals surface area contributed by atoms with Crippen LogP contribution in [-0.2, 0) is 4.79 Å². The number of likely N-dealkylation sites (tertiary alicyclic amines) is 1. The summed E-state index contributed by atoms with van der Waals surface area (Å²) in [5, 5.41) is 0. The van der Waals surface area contributed by atoms with Gasteiger partial charge in [-0.3, -0.25) is 4.79 Å². The Morgan fingerprint density at radius 3 is 2.18 bits per heavy atom. The van der Waals surface area contributed by atoms with Gasteiger partial charge in [0.2, 0.25) is 11.8 Å². The van der Waals surface area contributed by atoms with E-state index in [2.05, 4.69) is 11.9 Å². The molecule has 0 radical (unpaired) electrons. The quantitative estimate of drug-likeness (QED) is 0.695. The third-order valence-electron chi connectivity index (χ3n) is 4.36. The topological polar surface area (TPSA) is 23.6 Å². The van der Waals surface area contributed by atoms with Gasteiger partial charge in [0.25, 0.3) is 0 Å². The maximum Gasteiger partial charge on any atom is 0.249 e. The van der Waals surface area contributed by atoms with Gasteiger partial charge in [-0.05, 0) is 19.9 Å². The molecule has 2 heterocycles. The Morgan fingerprint density at radius 2 is 1.71 bits per heavy atom. The first-order chi connectivity index (χ1) is 7.96. The van der Waals surface area contributed by atoms with Crippen LogP contribution in [0.15, 0.2) is 0 Å². The summed E-state index contributed by atoms with van der Waals surface area (Å²) in [7, 11) is 2.06. The van der Waals surface area contributed by atoms with Gasteiger partial charge in [-0.1, -0.05) is 0 Å². The normalized spacial score (nSPS) is 37.0. The number of carbonyl (C=O) groups is 1. The summed E-state index contributed by atoms with van der Waals surface area (Å²) in [5.41, 5.74) is 0. The Morgan fingerprint density at radius 1 is 1.18 bits per heavy atom. The number of alkyl halides is 2. The number of carbonyl (C=O) groups excluding carboxylic acids is 1. The molecule has 2 aliphatic heterocycles. The summed E-state index contributed by atoms with van der Waals surface area (Å²) in [6, 6.07) is 0.529. The molecule has 1 saturated carbocycles. The van der Waals surface area contributed by atoms with Gasteiger partial charge in [-0.25, -0.2) is 8.78 Å². The minimum absolute atomic E-state index is 0.0171. The lowest BCUT2D eigenvalue weighted by Crippen LogP contribution is -2.58. The van der Waals surface area contributed by atoms with Crippen molar-refractivity contribution in [2.75, 3.05) is 20.1 Å². The van der Waals surface area contributed by atoms with Crippen LogP contribution in [0.4, 0.5) is 8.78 Å². The molecule has 1 aliphatic carbocycles. The van der Waals surface area contributed by atoms with Crippen molar-refractivity contribution in [2.24, 2.45) is 5.92 Å². The molecule has 0 spiro atoms. The number of likely N-dealkylation sites (N-methyl/N-ethyl adjacent to an activating group) is 1. The number of rotatable bonds is 1. The number of nitrogens with zero attached hydrogens (tertiary/aromatic N) is 2. The van der Waals surface area contributed by atoms with Gasteiger partial charge in [0.15, 0.2) is 0 Å². The van der Waals surface area contributed by atoms with E-state index in [-0.39, 0.29) is 30.8 Å². The second-order valence-electron chi connectivity index (χ2n) is 5.81. The monoisotopic (exact) mass is 244 g/mol. The Labute approximate surface area is 99.7 Å². The van der Waals surface area contributed by atoms with Gasteiger partial charge >= 0.3 is 0 Å². The molecule has 2 unspecified atom stereocenters. The largest absolute Gasteiger partial charge is 0.334 e. The van der Waals surface area contributed by atoms with Gasteiger partial charge in [0.1, 0.15) is 0 Å². The lowest BCUT2D eigenvalue weighted by atomic mass is 9.80. The molecule has 17 heavy (non-hydrogen) atoms. The number of hydrogen-bond donors (Lipinski definition) is 0. The molecule has 2 bridgehead atoms. The van der Waals surface area contributed by atoms with E-state index in [9.17, 15) is 13.6 Å². The zero-order valence-electron chi connectivity index (χ0n) is 10.0. The molecule has 3 rings (SSSR count). The molecule has 96 valence electrons. The Hall–Kier alpha value is -0.710. The van der Waals surface area contributed by atoms with Crippen molar-refractivity contribution in [1.29, 1.82) is 0 Å². The third-order valence-corrected chi connectivity index (χ3v) is 4.36. The summed E-state index contributed by atoms with van der Waals surface area (Å²) in [5.74, 6) is -3.03. The van der Waals surface area contributed by atoms with Crippen molar-refractivity contribution in [3.05, 3.63) is 0 Å². The van der Waals surface area contributed by atoms with Crippen LogP contribution in [0.2, 0.25) is 0 Å². The molecule has 0 aromatic carbocycles. The van der Waals surface area contributed by atoms with Crippen LogP contribution < -0.4 is 0 Å². The van der Waals surface area contributed by atoms with Crippen molar-refractivity contribution >= 4 is 5.91 Å². The summed E-state index contributed by atoms with van der Waals surface area (Å²) < 4.78 is 25.6. The Balaban J connectivity index is 1.67. The van der Waals surface area contributed by atoms with E-state index in [0.29, 0.717) is 0 Å². The molecule has 3 aliphatic rings. The summed E-state index contributed by atoms with van der Waals surface area (Å²) in [6.07, 6.45) is 1.59. The predicted molar refractivity (Wildman–Crippen MR) is 58.8 cm³/mol. The van der Waals surface area contributed by atoms with Crippen LogP contribution in [0.5, 0.6) is 0 Å². The average Bonchev–Trinajstić information content (AvgIpc) is 2.46. The van der Waals surface area contributed by atoms with Gasteiger partial charge in [-0.2, -0.15) is 0 Å². The predicted octanol–water partition coefficient (Wildman–Crippen LogP) is 1.34. The van der Waals surface area contributed by atoms with E-state index >= 15 is 0 Å². The highest BCUT2D eigenvalue weighted by Gasteiger charge is 2.52. The number of halogens is 2. The van der Waals surface area contributed by atoms with E-state index in [1.807, 2.05) is 4.90 Å². The van der Waals surface area contributed by atoms with Gasteiger partial charge in [-0.15, -0.1) is 0 Å². The second-order valence-corrected chi connectivity index (χ2v) is 5.81. The number of piperazine rings is 1. The van der Waals surface area contributed by atoms with Crippen molar-refractivity contribution in [2.45, 2.75) is 43.7 Å². The number of hydrogen-bond acceptors (Lipinski definition) is 2. The van der Waals surface area contributed by atoms with E-state index in [4.69, 9.17) is 0 Å². The fourth-order valence-electron chi connectivity index (χ4n) is 3.52. The van der Waals surface area contributed by atoms with Crippen LogP contribution in [0.25, 0.3) is 0 Å². The zero-order valence-corrected chi connectivity index (χ0v) is 10.0. The van der Waals surface area contributed by atoms with Crippen molar-refractivity contribution in [3.63, 3.8) is 0 Å². The lowest BCUT2D eigenvalue weighted by Gasteiger charge is -2.44. The first-order valence-corrected chi connectivity index (χ1v) is 6.35. The van der Waals surface area contributed by atoms with Gasteiger partial charge < -0.3 is 9.80 Å². The van der Waals surface area contributed by atoms with Crippen LogP contribution in [-0.4, -0.2) is 53.9 Å². The summed E-state index contributed by atoms with van der Waals surface area (Å²) >= 11 is 0. The molecular formula is C12H18F2N2O. The first kappa shape index (κ1) is 11.4. The lowest BCUT2D eigenvalue weighted by molar-refractivity contribution is -0.164. The maximum atomic E-state index is 12.8. The Bertz CT molecular complexity index is 325. The smallest absolute Gasteiger partial charge is 0.249 e. The fourth-order valence-corrected chi connectivity index (χ4v) is 3.52. The summed E-state index contributed by atoms with van der Waals surface area (Å²) in [4.78, 5) is 16.4. The molecule has 2 saturated heterocycles. The highest BCUT2D eigenvalue weighted by molar-refractivity contribution is 5.81. The second kappa shape index (κ2) is 3.64. The first-order valence-electron chi connectivity index (χ1n) is 6.35. The SMILES string of the molecule is CN1CC2CCC(C1)N2C(=O)C1CC(F)(F)C1. The molecular weight excluding hydrogens is 226 g/mol. The highest BCUT2D eigenvalue weighted by atomic mass is 19.3. The van der Waals surface area contributed by atoms with E-state index in [1.165, 1.54) is 0 Å². The number of amides is 1. The highest BCUT2D eigenvalue weighted by Crippen LogP contribution is 2.45. The average molecular weight is 244 g/mol. The molecule has 5 heteroatoms. The van der Waals surface area contributed by atoms with Crippen LogP contribution in [0, 0.1) is 5.92 Å². The molecule has 0 N–H and O–H groups in total. The van der Waals surface area contributed by atoms with Gasteiger partial charge in [0.05, 0.1) is 0 Å².